The van der Waals surface area contributed by atoms with Crippen molar-refractivity contribution in [3.63, 3.8) is 0 Å². The number of likely N-dealkylation sites (tertiary alicyclic amines) is 1. The Morgan fingerprint density at radius 2 is 1.69 bits per heavy atom. The Morgan fingerprint density at radius 1 is 0.885 bits per heavy atom. The Bertz CT molecular complexity index is 671. The molecule has 0 saturated carbocycles. The van der Waals surface area contributed by atoms with E-state index in [2.05, 4.69) is 47.4 Å². The third-order valence-corrected chi connectivity index (χ3v) is 5.49. The molecule has 0 aromatic heterocycles. The molecule has 1 aliphatic heterocycles. The first-order valence-electron chi connectivity index (χ1n) is 9.79. The number of rotatable bonds is 8. The number of hydrogen-bond acceptors (Lipinski definition) is 3. The predicted octanol–water partition coefficient (Wildman–Crippen LogP) is 4.73. The number of benzene rings is 2. The third-order valence-electron chi connectivity index (χ3n) is 5.49. The van der Waals surface area contributed by atoms with Gasteiger partial charge in [0.05, 0.1) is 14.2 Å². The van der Waals surface area contributed by atoms with Gasteiger partial charge in [0.15, 0.2) is 11.5 Å². The lowest BCUT2D eigenvalue weighted by molar-refractivity contribution is 0.142. The van der Waals surface area contributed by atoms with E-state index in [1.165, 1.54) is 49.9 Å². The molecule has 2 aromatic rings. The Hall–Kier alpha value is -2.00. The van der Waals surface area contributed by atoms with Crippen molar-refractivity contribution in [2.45, 2.75) is 44.6 Å². The zero-order valence-electron chi connectivity index (χ0n) is 16.1. The SMILES string of the molecule is COc1ccc(CCC2CCCCN2CCc2ccccc2)cc1OC. The zero-order chi connectivity index (χ0) is 18.2. The first-order valence-corrected chi connectivity index (χ1v) is 9.79. The highest BCUT2D eigenvalue weighted by molar-refractivity contribution is 5.42. The van der Waals surface area contributed by atoms with Crippen LogP contribution in [0.25, 0.3) is 0 Å². The molecule has 1 atom stereocenters. The van der Waals surface area contributed by atoms with Gasteiger partial charge in [0, 0.05) is 12.6 Å². The molecule has 1 saturated heterocycles. The summed E-state index contributed by atoms with van der Waals surface area (Å²) in [5.74, 6) is 1.63. The second kappa shape index (κ2) is 9.63. The minimum Gasteiger partial charge on any atom is -0.493 e. The van der Waals surface area contributed by atoms with E-state index in [0.717, 1.165) is 24.3 Å². The number of methoxy groups -OCH3 is 2. The van der Waals surface area contributed by atoms with Crippen LogP contribution in [0, 0.1) is 0 Å². The van der Waals surface area contributed by atoms with Crippen molar-refractivity contribution in [3.05, 3.63) is 59.7 Å². The molecule has 0 spiro atoms. The highest BCUT2D eigenvalue weighted by Crippen LogP contribution is 2.29. The molecular formula is C23H31NO2. The molecule has 0 aliphatic carbocycles. The van der Waals surface area contributed by atoms with Gasteiger partial charge in [-0.2, -0.15) is 0 Å². The van der Waals surface area contributed by atoms with Crippen LogP contribution in [0.3, 0.4) is 0 Å². The average molecular weight is 354 g/mol. The van der Waals surface area contributed by atoms with Crippen LogP contribution in [-0.4, -0.2) is 38.3 Å². The Morgan fingerprint density at radius 3 is 2.46 bits per heavy atom. The monoisotopic (exact) mass is 353 g/mol. The molecule has 26 heavy (non-hydrogen) atoms. The van der Waals surface area contributed by atoms with Crippen molar-refractivity contribution >= 4 is 0 Å². The van der Waals surface area contributed by atoms with Crippen molar-refractivity contribution in [1.29, 1.82) is 0 Å². The first kappa shape index (κ1) is 18.8. The van der Waals surface area contributed by atoms with Gasteiger partial charge in [-0.1, -0.05) is 42.8 Å². The summed E-state index contributed by atoms with van der Waals surface area (Å²) in [5, 5.41) is 0. The topological polar surface area (TPSA) is 21.7 Å². The molecule has 0 radical (unpaired) electrons. The van der Waals surface area contributed by atoms with E-state index >= 15 is 0 Å². The lowest BCUT2D eigenvalue weighted by Crippen LogP contribution is -2.41. The van der Waals surface area contributed by atoms with Crippen LogP contribution in [-0.2, 0) is 12.8 Å². The van der Waals surface area contributed by atoms with Gasteiger partial charge in [-0.25, -0.2) is 0 Å². The van der Waals surface area contributed by atoms with Crippen LogP contribution < -0.4 is 9.47 Å². The van der Waals surface area contributed by atoms with E-state index in [4.69, 9.17) is 9.47 Å². The summed E-state index contributed by atoms with van der Waals surface area (Å²) >= 11 is 0. The van der Waals surface area contributed by atoms with Crippen molar-refractivity contribution in [2.75, 3.05) is 27.3 Å². The molecule has 140 valence electrons. The summed E-state index contributed by atoms with van der Waals surface area (Å²) in [6, 6.07) is 17.8. The predicted molar refractivity (Wildman–Crippen MR) is 107 cm³/mol. The molecule has 2 aromatic carbocycles. The molecular weight excluding hydrogens is 322 g/mol. The molecule has 3 nitrogen and oxygen atoms in total. The van der Waals surface area contributed by atoms with E-state index in [1.807, 2.05) is 6.07 Å². The Labute approximate surface area is 157 Å². The molecule has 0 amide bonds. The molecule has 1 fully saturated rings. The van der Waals surface area contributed by atoms with Gasteiger partial charge in [-0.15, -0.1) is 0 Å². The second-order valence-electron chi connectivity index (χ2n) is 7.15. The van der Waals surface area contributed by atoms with Crippen LogP contribution in [0.4, 0.5) is 0 Å². The smallest absolute Gasteiger partial charge is 0.160 e. The molecule has 0 bridgehead atoms. The molecule has 3 heteroatoms. The standard InChI is InChI=1S/C23H31NO2/c1-25-22-14-12-20(18-23(22)26-2)11-13-21-10-6-7-16-24(21)17-15-19-8-4-3-5-9-19/h3-5,8-9,12,14,18,21H,6-7,10-11,13,15-17H2,1-2H3. The van der Waals surface area contributed by atoms with E-state index in [9.17, 15) is 0 Å². The van der Waals surface area contributed by atoms with Crippen LogP contribution in [0.1, 0.15) is 36.8 Å². The Balaban J connectivity index is 1.56. The molecule has 0 N–H and O–H groups in total. The van der Waals surface area contributed by atoms with Crippen LogP contribution in [0.2, 0.25) is 0 Å². The van der Waals surface area contributed by atoms with E-state index in [0.29, 0.717) is 6.04 Å². The number of aryl methyl sites for hydroxylation is 1. The Kier molecular flexibility index (Phi) is 6.96. The minimum absolute atomic E-state index is 0.695. The third kappa shape index (κ3) is 5.01. The van der Waals surface area contributed by atoms with Gasteiger partial charge in [0.1, 0.15) is 0 Å². The summed E-state index contributed by atoms with van der Waals surface area (Å²) in [4.78, 5) is 2.71. The number of ether oxygens (including phenoxy) is 2. The van der Waals surface area contributed by atoms with Gasteiger partial charge in [-0.05, 0) is 61.9 Å². The largest absolute Gasteiger partial charge is 0.493 e. The summed E-state index contributed by atoms with van der Waals surface area (Å²) < 4.78 is 10.8. The fraction of sp³-hybridized carbons (Fsp3) is 0.478. The second-order valence-corrected chi connectivity index (χ2v) is 7.15. The number of piperidine rings is 1. The molecule has 1 unspecified atom stereocenters. The van der Waals surface area contributed by atoms with Gasteiger partial charge in [0.2, 0.25) is 0 Å². The van der Waals surface area contributed by atoms with E-state index in [-0.39, 0.29) is 0 Å². The quantitative estimate of drug-likeness (QED) is 0.684. The highest BCUT2D eigenvalue weighted by atomic mass is 16.5. The van der Waals surface area contributed by atoms with Gasteiger partial charge in [-0.3, -0.25) is 0 Å². The van der Waals surface area contributed by atoms with Crippen LogP contribution in [0.15, 0.2) is 48.5 Å². The lowest BCUT2D eigenvalue weighted by atomic mass is 9.95. The molecule has 1 heterocycles. The van der Waals surface area contributed by atoms with Gasteiger partial charge >= 0.3 is 0 Å². The lowest BCUT2D eigenvalue weighted by Gasteiger charge is -2.36. The van der Waals surface area contributed by atoms with E-state index < -0.39 is 0 Å². The van der Waals surface area contributed by atoms with Crippen molar-refractivity contribution in [3.8, 4) is 11.5 Å². The fourth-order valence-electron chi connectivity index (χ4n) is 3.97. The first-order chi connectivity index (χ1) is 12.8. The van der Waals surface area contributed by atoms with Crippen LogP contribution >= 0.6 is 0 Å². The summed E-state index contributed by atoms with van der Waals surface area (Å²) in [6.07, 6.45) is 7.47. The maximum Gasteiger partial charge on any atom is 0.160 e. The zero-order valence-corrected chi connectivity index (χ0v) is 16.1. The molecule has 3 rings (SSSR count). The number of nitrogens with zero attached hydrogens (tertiary/aromatic N) is 1. The maximum atomic E-state index is 5.44. The highest BCUT2D eigenvalue weighted by Gasteiger charge is 2.22. The normalized spacial score (nSPS) is 17.8. The minimum atomic E-state index is 0.695. The summed E-state index contributed by atoms with van der Waals surface area (Å²) in [6.45, 7) is 2.41. The van der Waals surface area contributed by atoms with Gasteiger partial charge in [0.25, 0.3) is 0 Å². The fourth-order valence-corrected chi connectivity index (χ4v) is 3.97. The maximum absolute atomic E-state index is 5.44. The number of hydrogen-bond donors (Lipinski definition) is 0. The van der Waals surface area contributed by atoms with Crippen molar-refractivity contribution in [2.24, 2.45) is 0 Å². The van der Waals surface area contributed by atoms with Crippen LogP contribution in [0.5, 0.6) is 11.5 Å². The van der Waals surface area contributed by atoms with E-state index in [1.54, 1.807) is 14.2 Å². The van der Waals surface area contributed by atoms with Gasteiger partial charge < -0.3 is 14.4 Å². The summed E-state index contributed by atoms with van der Waals surface area (Å²) in [7, 11) is 3.39. The molecule has 1 aliphatic rings. The average Bonchev–Trinajstić information content (AvgIpc) is 2.71. The van der Waals surface area contributed by atoms with Crippen molar-refractivity contribution < 1.29 is 9.47 Å². The summed E-state index contributed by atoms with van der Waals surface area (Å²) in [5.41, 5.74) is 2.77. The van der Waals surface area contributed by atoms with Crippen molar-refractivity contribution in [1.82, 2.24) is 4.90 Å².